The van der Waals surface area contributed by atoms with Gasteiger partial charge in [-0.3, -0.25) is 9.69 Å². The summed E-state index contributed by atoms with van der Waals surface area (Å²) in [7, 11) is -2.05. The van der Waals surface area contributed by atoms with Gasteiger partial charge >= 0.3 is 0 Å². The molecule has 2 aliphatic rings. The van der Waals surface area contributed by atoms with Gasteiger partial charge in [0.25, 0.3) is 5.91 Å². The molecule has 2 fully saturated rings. The number of halogens is 1. The van der Waals surface area contributed by atoms with E-state index in [1.165, 1.54) is 12.1 Å². The van der Waals surface area contributed by atoms with Gasteiger partial charge in [0, 0.05) is 19.2 Å². The van der Waals surface area contributed by atoms with Gasteiger partial charge in [-0.2, -0.15) is 0 Å². The Balaban J connectivity index is 1.64. The zero-order valence-corrected chi connectivity index (χ0v) is 18.6. The molecule has 0 bridgehead atoms. The van der Waals surface area contributed by atoms with Gasteiger partial charge in [-0.15, -0.1) is 0 Å². The first-order valence-electron chi connectivity index (χ1n) is 10.4. The van der Waals surface area contributed by atoms with E-state index in [0.29, 0.717) is 30.9 Å². The Morgan fingerprint density at radius 3 is 2.50 bits per heavy atom. The summed E-state index contributed by atoms with van der Waals surface area (Å²) in [6, 6.07) is 3.05. The first kappa shape index (κ1) is 23.0. The number of nitrogens with one attached hydrogen (secondary N) is 1. The van der Waals surface area contributed by atoms with E-state index in [-0.39, 0.29) is 11.5 Å². The predicted octanol–water partition coefficient (Wildman–Crippen LogP) is 2.52. The van der Waals surface area contributed by atoms with E-state index in [4.69, 9.17) is 9.47 Å². The molecule has 1 aliphatic heterocycles. The minimum absolute atomic E-state index is 0.224. The molecule has 1 heterocycles. The molecule has 9 heteroatoms. The largest absolute Gasteiger partial charge is 0.493 e. The number of amides is 1. The van der Waals surface area contributed by atoms with Gasteiger partial charge < -0.3 is 9.47 Å². The van der Waals surface area contributed by atoms with E-state index in [1.54, 1.807) is 7.11 Å². The van der Waals surface area contributed by atoms with E-state index < -0.39 is 21.7 Å². The highest BCUT2D eigenvalue weighted by molar-refractivity contribution is 7.89. The van der Waals surface area contributed by atoms with Gasteiger partial charge in [-0.1, -0.05) is 0 Å². The van der Waals surface area contributed by atoms with Crippen LogP contribution in [0.15, 0.2) is 12.1 Å². The molecule has 1 N–H and O–H groups in total. The molecule has 1 aliphatic carbocycles. The van der Waals surface area contributed by atoms with E-state index in [9.17, 15) is 17.6 Å². The minimum atomic E-state index is -3.76. The Labute approximate surface area is 178 Å². The van der Waals surface area contributed by atoms with Crippen LogP contribution < -0.4 is 9.46 Å². The molecule has 1 aromatic carbocycles. The van der Waals surface area contributed by atoms with Crippen LogP contribution in [0.2, 0.25) is 0 Å². The molecule has 0 spiro atoms. The van der Waals surface area contributed by atoms with Crippen molar-refractivity contribution in [2.75, 3.05) is 39.7 Å². The summed E-state index contributed by atoms with van der Waals surface area (Å²) in [5, 5.41) is 0. The lowest BCUT2D eigenvalue weighted by molar-refractivity contribution is 0.0641. The third kappa shape index (κ3) is 6.15. The number of likely N-dealkylation sites (tertiary alicyclic amines) is 1. The van der Waals surface area contributed by atoms with Gasteiger partial charge in [-0.25, -0.2) is 17.5 Å². The zero-order chi connectivity index (χ0) is 21.9. The van der Waals surface area contributed by atoms with Crippen molar-refractivity contribution in [2.24, 2.45) is 5.92 Å². The van der Waals surface area contributed by atoms with Crippen molar-refractivity contribution in [1.82, 2.24) is 9.62 Å². The third-order valence-corrected chi connectivity index (χ3v) is 6.35. The summed E-state index contributed by atoms with van der Waals surface area (Å²) in [5.41, 5.74) is 0.510. The highest BCUT2D eigenvalue weighted by Gasteiger charge is 2.30. The van der Waals surface area contributed by atoms with Crippen molar-refractivity contribution in [3.05, 3.63) is 29.1 Å². The quantitative estimate of drug-likeness (QED) is 0.633. The second-order valence-electron chi connectivity index (χ2n) is 8.44. The minimum Gasteiger partial charge on any atom is -0.493 e. The number of carbonyl (C=O) groups excluding carboxylic acids is 1. The number of sulfonamides is 1. The molecule has 30 heavy (non-hydrogen) atoms. The molecule has 1 atom stereocenters. The molecule has 7 nitrogen and oxygen atoms in total. The van der Waals surface area contributed by atoms with Crippen molar-refractivity contribution >= 4 is 15.9 Å². The Bertz CT molecular complexity index is 864. The predicted molar refractivity (Wildman–Crippen MR) is 112 cm³/mol. The second kappa shape index (κ2) is 9.62. The standard InChI is InChI=1S/C21H31FN2O5S/c1-14(12-28-2)24-8-6-15(7-9-24)13-29-20-11-19(22)18(10-17(20)16-4-5-16)21(25)23-30(3,26)27/h10-11,14-16H,4-9,12-13H2,1-3H3,(H,23,25)/t14-/m0/s1. The number of piperidine rings is 1. The van der Waals surface area contributed by atoms with E-state index in [0.717, 1.165) is 50.6 Å². The fraction of sp³-hybridized carbons (Fsp3) is 0.667. The normalized spacial score (nSPS) is 19.5. The van der Waals surface area contributed by atoms with Crippen LogP contribution in [0.4, 0.5) is 4.39 Å². The smallest absolute Gasteiger partial charge is 0.267 e. The number of hydrogen-bond donors (Lipinski definition) is 1. The number of hydrogen-bond acceptors (Lipinski definition) is 6. The summed E-state index contributed by atoms with van der Waals surface area (Å²) in [4.78, 5) is 14.5. The summed E-state index contributed by atoms with van der Waals surface area (Å²) in [5.74, 6) is -0.665. The van der Waals surface area contributed by atoms with Gasteiger partial charge in [0.15, 0.2) is 0 Å². The fourth-order valence-electron chi connectivity index (χ4n) is 3.92. The van der Waals surface area contributed by atoms with Crippen LogP contribution in [0.25, 0.3) is 0 Å². The van der Waals surface area contributed by atoms with Crippen LogP contribution in [0, 0.1) is 11.7 Å². The van der Waals surface area contributed by atoms with Crippen molar-refractivity contribution in [3.8, 4) is 5.75 Å². The lowest BCUT2D eigenvalue weighted by Crippen LogP contribution is -2.42. The topological polar surface area (TPSA) is 84.9 Å². The Kier molecular flexibility index (Phi) is 7.36. The lowest BCUT2D eigenvalue weighted by atomic mass is 9.96. The molecular formula is C21H31FN2O5S. The number of methoxy groups -OCH3 is 1. The number of rotatable bonds is 9. The molecule has 0 aromatic heterocycles. The van der Waals surface area contributed by atoms with E-state index in [2.05, 4.69) is 11.8 Å². The van der Waals surface area contributed by atoms with E-state index in [1.807, 2.05) is 4.72 Å². The Morgan fingerprint density at radius 2 is 1.93 bits per heavy atom. The zero-order valence-electron chi connectivity index (χ0n) is 17.8. The van der Waals surface area contributed by atoms with Crippen LogP contribution in [0.3, 0.4) is 0 Å². The van der Waals surface area contributed by atoms with Crippen LogP contribution in [-0.2, 0) is 14.8 Å². The Morgan fingerprint density at radius 1 is 1.27 bits per heavy atom. The molecular weight excluding hydrogens is 411 g/mol. The maximum atomic E-state index is 14.6. The van der Waals surface area contributed by atoms with E-state index >= 15 is 0 Å². The van der Waals surface area contributed by atoms with Crippen molar-refractivity contribution in [3.63, 3.8) is 0 Å². The van der Waals surface area contributed by atoms with Crippen LogP contribution in [-0.4, -0.2) is 64.9 Å². The number of nitrogens with zero attached hydrogens (tertiary/aromatic N) is 1. The number of benzene rings is 1. The lowest BCUT2D eigenvalue weighted by Gasteiger charge is -2.35. The third-order valence-electron chi connectivity index (χ3n) is 5.79. The summed E-state index contributed by atoms with van der Waals surface area (Å²) in [6.45, 7) is 5.33. The maximum Gasteiger partial charge on any atom is 0.267 e. The van der Waals surface area contributed by atoms with Crippen molar-refractivity contribution in [1.29, 1.82) is 0 Å². The first-order chi connectivity index (χ1) is 14.2. The summed E-state index contributed by atoms with van der Waals surface area (Å²) >= 11 is 0. The second-order valence-corrected chi connectivity index (χ2v) is 10.2. The average Bonchev–Trinajstić information content (AvgIpc) is 3.50. The van der Waals surface area contributed by atoms with Gasteiger partial charge in [0.1, 0.15) is 11.6 Å². The summed E-state index contributed by atoms with van der Waals surface area (Å²) < 4.78 is 50.3. The van der Waals surface area contributed by atoms with Crippen LogP contribution in [0.5, 0.6) is 5.75 Å². The van der Waals surface area contributed by atoms with Crippen LogP contribution in [0.1, 0.15) is 54.4 Å². The number of carbonyl (C=O) groups is 1. The average molecular weight is 443 g/mol. The molecule has 168 valence electrons. The molecule has 1 saturated carbocycles. The monoisotopic (exact) mass is 442 g/mol. The SMILES string of the molecule is COC[C@H](C)N1CCC(COc2cc(F)c(C(=O)NS(C)(=O)=O)cc2C2CC2)CC1. The van der Waals surface area contributed by atoms with Gasteiger partial charge in [0.2, 0.25) is 10.0 Å². The first-order valence-corrected chi connectivity index (χ1v) is 12.3. The Hall–Kier alpha value is -1.71. The van der Waals surface area contributed by atoms with Crippen molar-refractivity contribution < 1.29 is 27.1 Å². The van der Waals surface area contributed by atoms with Gasteiger partial charge in [-0.05, 0) is 69.2 Å². The molecule has 0 unspecified atom stereocenters. The maximum absolute atomic E-state index is 14.6. The molecule has 1 saturated heterocycles. The highest BCUT2D eigenvalue weighted by atomic mass is 32.2. The molecule has 0 radical (unpaired) electrons. The summed E-state index contributed by atoms with van der Waals surface area (Å²) in [6.07, 6.45) is 4.77. The number of ether oxygens (including phenoxy) is 2. The fourth-order valence-corrected chi connectivity index (χ4v) is 4.37. The molecule has 1 aromatic rings. The molecule has 3 rings (SSSR count). The van der Waals surface area contributed by atoms with Crippen LogP contribution >= 0.6 is 0 Å². The van der Waals surface area contributed by atoms with Crippen molar-refractivity contribution in [2.45, 2.75) is 44.6 Å². The van der Waals surface area contributed by atoms with Gasteiger partial charge in [0.05, 0.1) is 25.0 Å². The highest BCUT2D eigenvalue weighted by Crippen LogP contribution is 2.45. The molecule has 1 amide bonds.